The summed E-state index contributed by atoms with van der Waals surface area (Å²) in [5.41, 5.74) is 6.94. The third-order valence-electron chi connectivity index (χ3n) is 8.91. The number of hydrogen-bond donors (Lipinski definition) is 3. The van der Waals surface area contributed by atoms with Crippen molar-refractivity contribution in [3.63, 3.8) is 0 Å². The monoisotopic (exact) mass is 619 g/mol. The van der Waals surface area contributed by atoms with Crippen LogP contribution in [0.15, 0.2) is 24.3 Å². The minimum absolute atomic E-state index is 0.441. The largest absolute Gasteiger partial charge is 0.494 e. The lowest BCUT2D eigenvalue weighted by molar-refractivity contribution is -0.390. The molecule has 6 aliphatic rings. The first kappa shape index (κ1) is 32.6. The van der Waals surface area contributed by atoms with Crippen molar-refractivity contribution < 1.29 is 45.2 Å². The summed E-state index contributed by atoms with van der Waals surface area (Å²) in [6.45, 7) is 1.47. The molecular weight excluding hydrogens is 574 g/mol. The summed E-state index contributed by atoms with van der Waals surface area (Å²) in [7, 11) is -7.33. The Morgan fingerprint density at radius 3 is 1.85 bits per heavy atom. The standard InChI is InChI=1S/C26H37NO4.2CH4O3S/c27-11-1-2-12-28-24-5-3-20(4-6-24)21-7-9-25(10-8-21)29-26(31-30-25)22-14-18-13-19(16-22)17-23(26)15-18;2*1-5(2,3)4/h3-6,18-19,21-23H,1-2,7-17,27H2;2*1H3,(H,2,3,4). The molecule has 0 unspecified atom stereocenters. The van der Waals surface area contributed by atoms with Crippen molar-refractivity contribution in [3.05, 3.63) is 29.8 Å². The molecule has 7 rings (SSSR count). The van der Waals surface area contributed by atoms with Crippen LogP contribution in [0.1, 0.15) is 82.1 Å². The number of benzene rings is 1. The average molecular weight is 620 g/mol. The molecule has 1 heterocycles. The number of hydrogen-bond acceptors (Lipinski definition) is 9. The maximum Gasteiger partial charge on any atom is 0.261 e. The Balaban J connectivity index is 0.000000336. The van der Waals surface area contributed by atoms with E-state index in [1.165, 1.54) is 37.7 Å². The normalized spacial score (nSPS) is 35.5. The van der Waals surface area contributed by atoms with Gasteiger partial charge in [-0.15, -0.1) is 0 Å². The van der Waals surface area contributed by atoms with Gasteiger partial charge in [0.05, 0.1) is 19.1 Å². The van der Waals surface area contributed by atoms with Gasteiger partial charge in [0.1, 0.15) is 5.75 Å². The fraction of sp³-hybridized carbons (Fsp3) is 0.786. The first-order valence-corrected chi connectivity index (χ1v) is 18.2. The second-order valence-corrected chi connectivity index (χ2v) is 15.3. The first-order chi connectivity index (χ1) is 19.2. The van der Waals surface area contributed by atoms with E-state index in [0.717, 1.165) is 69.3 Å². The maximum atomic E-state index is 9.19. The zero-order chi connectivity index (χ0) is 29.9. The van der Waals surface area contributed by atoms with E-state index in [0.29, 0.717) is 30.3 Å². The van der Waals surface area contributed by atoms with Gasteiger partial charge < -0.3 is 15.2 Å². The lowest BCUT2D eigenvalue weighted by atomic mass is 9.53. The van der Waals surface area contributed by atoms with Crippen molar-refractivity contribution in [1.29, 1.82) is 0 Å². The maximum absolute atomic E-state index is 9.19. The molecule has 0 amide bonds. The van der Waals surface area contributed by atoms with E-state index in [1.54, 1.807) is 0 Å². The highest BCUT2D eigenvalue weighted by Crippen LogP contribution is 2.64. The van der Waals surface area contributed by atoms with Crippen LogP contribution < -0.4 is 10.5 Å². The Hall–Kier alpha value is -1.32. The fourth-order valence-electron chi connectivity index (χ4n) is 7.46. The predicted molar refractivity (Wildman–Crippen MR) is 152 cm³/mol. The molecule has 4 N–H and O–H groups in total. The highest BCUT2D eigenvalue weighted by atomic mass is 32.2. The van der Waals surface area contributed by atoms with Crippen molar-refractivity contribution in [2.75, 3.05) is 25.7 Å². The van der Waals surface area contributed by atoms with Gasteiger partial charge in [-0.05, 0) is 99.8 Å². The molecule has 1 saturated heterocycles. The highest BCUT2D eigenvalue weighted by molar-refractivity contribution is 7.85. The Morgan fingerprint density at radius 2 is 1.37 bits per heavy atom. The van der Waals surface area contributed by atoms with Crippen LogP contribution in [0, 0.1) is 23.7 Å². The number of unbranched alkanes of at least 4 members (excludes halogenated alkanes) is 1. The molecule has 1 aromatic carbocycles. The van der Waals surface area contributed by atoms with Crippen molar-refractivity contribution in [2.45, 2.75) is 88.1 Å². The van der Waals surface area contributed by atoms with Crippen LogP contribution in [0.2, 0.25) is 0 Å². The van der Waals surface area contributed by atoms with E-state index < -0.39 is 31.8 Å². The van der Waals surface area contributed by atoms with E-state index in [1.807, 2.05) is 0 Å². The molecule has 6 fully saturated rings. The van der Waals surface area contributed by atoms with E-state index in [9.17, 15) is 16.8 Å². The van der Waals surface area contributed by atoms with Crippen molar-refractivity contribution in [3.8, 4) is 5.75 Å². The molecule has 5 aliphatic carbocycles. The molecule has 41 heavy (non-hydrogen) atoms. The minimum atomic E-state index is -3.67. The van der Waals surface area contributed by atoms with Crippen LogP contribution >= 0.6 is 0 Å². The SMILES string of the molecule is CS(=O)(=O)O.CS(=O)(=O)O.NCCCCOc1ccc(C2CCC3(CC2)OOC2(O3)C3CC4CC(C3)CC2C4)cc1. The van der Waals surface area contributed by atoms with Crippen LogP contribution in [0.5, 0.6) is 5.75 Å². The van der Waals surface area contributed by atoms with E-state index in [-0.39, 0.29) is 0 Å². The van der Waals surface area contributed by atoms with Gasteiger partial charge in [0.2, 0.25) is 11.6 Å². The van der Waals surface area contributed by atoms with Crippen LogP contribution in [0.3, 0.4) is 0 Å². The van der Waals surface area contributed by atoms with Crippen molar-refractivity contribution in [2.24, 2.45) is 29.4 Å². The number of rotatable bonds is 6. The third kappa shape index (κ3) is 9.09. The van der Waals surface area contributed by atoms with Crippen LogP contribution in [-0.4, -0.2) is 63.2 Å². The summed E-state index contributed by atoms with van der Waals surface area (Å²) in [4.78, 5) is 12.3. The zero-order valence-electron chi connectivity index (χ0n) is 23.9. The second-order valence-electron chi connectivity index (χ2n) is 12.4. The van der Waals surface area contributed by atoms with E-state index in [2.05, 4.69) is 24.3 Å². The molecular formula is C28H45NO10S2. The third-order valence-corrected chi connectivity index (χ3v) is 8.91. The zero-order valence-corrected chi connectivity index (χ0v) is 25.6. The van der Waals surface area contributed by atoms with E-state index >= 15 is 0 Å². The van der Waals surface area contributed by atoms with Crippen LogP contribution in [0.25, 0.3) is 0 Å². The Bertz CT molecular complexity index is 1140. The Kier molecular flexibility index (Phi) is 10.4. The molecule has 13 heteroatoms. The lowest BCUT2D eigenvalue weighted by Crippen LogP contribution is -2.59. The molecule has 0 aromatic heterocycles. The molecule has 4 bridgehead atoms. The average Bonchev–Trinajstić information content (AvgIpc) is 3.24. The minimum Gasteiger partial charge on any atom is -0.494 e. The molecule has 0 radical (unpaired) electrons. The molecule has 0 atom stereocenters. The summed E-state index contributed by atoms with van der Waals surface area (Å²) in [6, 6.07) is 8.68. The van der Waals surface area contributed by atoms with Crippen molar-refractivity contribution >= 4 is 20.2 Å². The Morgan fingerprint density at radius 1 is 0.854 bits per heavy atom. The molecule has 11 nitrogen and oxygen atoms in total. The highest BCUT2D eigenvalue weighted by Gasteiger charge is 2.66. The van der Waals surface area contributed by atoms with Crippen LogP contribution in [-0.2, 0) is 34.7 Å². The van der Waals surface area contributed by atoms with Gasteiger partial charge in [-0.1, -0.05) is 12.1 Å². The molecule has 2 spiro atoms. The fourth-order valence-corrected chi connectivity index (χ4v) is 7.46. The van der Waals surface area contributed by atoms with Gasteiger partial charge in [-0.25, -0.2) is 0 Å². The quantitative estimate of drug-likeness (QED) is 0.236. The van der Waals surface area contributed by atoms with Gasteiger partial charge in [-0.3, -0.25) is 9.11 Å². The summed E-state index contributed by atoms with van der Waals surface area (Å²) in [5, 5.41) is 0. The second kappa shape index (κ2) is 13.1. The van der Waals surface area contributed by atoms with Crippen LogP contribution in [0.4, 0.5) is 0 Å². The first-order valence-electron chi connectivity index (χ1n) is 14.5. The molecule has 234 valence electrons. The summed E-state index contributed by atoms with van der Waals surface area (Å²) >= 11 is 0. The van der Waals surface area contributed by atoms with E-state index in [4.69, 9.17) is 34.1 Å². The van der Waals surface area contributed by atoms with Crippen molar-refractivity contribution in [1.82, 2.24) is 0 Å². The van der Waals surface area contributed by atoms with Gasteiger partial charge in [-0.2, -0.15) is 26.6 Å². The number of nitrogens with two attached hydrogens (primary N) is 1. The van der Waals surface area contributed by atoms with Gasteiger partial charge in [0.15, 0.2) is 0 Å². The Labute approximate surface area is 243 Å². The summed E-state index contributed by atoms with van der Waals surface area (Å²) in [5.74, 6) is 3.44. The van der Waals surface area contributed by atoms with Gasteiger partial charge in [0.25, 0.3) is 20.2 Å². The van der Waals surface area contributed by atoms with Gasteiger partial charge >= 0.3 is 0 Å². The smallest absolute Gasteiger partial charge is 0.261 e. The predicted octanol–water partition coefficient (Wildman–Crippen LogP) is 4.30. The van der Waals surface area contributed by atoms with Gasteiger partial charge in [0, 0.05) is 24.7 Å². The topological polar surface area (TPSA) is 172 Å². The molecule has 1 aliphatic heterocycles. The molecule has 5 saturated carbocycles. The molecule has 1 aromatic rings. The summed E-state index contributed by atoms with van der Waals surface area (Å²) in [6.07, 6.45) is 14.0. The number of ether oxygens (including phenoxy) is 2. The summed E-state index contributed by atoms with van der Waals surface area (Å²) < 4.78 is 64.4. The lowest BCUT2D eigenvalue weighted by Gasteiger charge is -2.57.